The number of rotatable bonds is 7. The highest BCUT2D eigenvalue weighted by Crippen LogP contribution is 2.31. The minimum Gasteiger partial charge on any atom is -0.374 e. The summed E-state index contributed by atoms with van der Waals surface area (Å²) in [5.74, 6) is 0.794. The quantitative estimate of drug-likeness (QED) is 0.800. The molecule has 1 saturated carbocycles. The van der Waals surface area contributed by atoms with Crippen molar-refractivity contribution in [3.63, 3.8) is 0 Å². The van der Waals surface area contributed by atoms with Crippen molar-refractivity contribution in [2.75, 3.05) is 26.7 Å². The largest absolute Gasteiger partial charge is 0.374 e. The molecular formula is C15H24N2O. The fourth-order valence-corrected chi connectivity index (χ4v) is 2.50. The fraction of sp³-hybridized carbons (Fsp3) is 0.600. The minimum atomic E-state index is 0.460. The van der Waals surface area contributed by atoms with Crippen LogP contribution in [0.5, 0.6) is 0 Å². The third-order valence-electron chi connectivity index (χ3n) is 3.60. The van der Waals surface area contributed by atoms with E-state index in [9.17, 15) is 0 Å². The summed E-state index contributed by atoms with van der Waals surface area (Å²) >= 11 is 0. The first-order valence-electron chi connectivity index (χ1n) is 6.82. The normalized spacial score (nSPS) is 23.1. The maximum Gasteiger partial charge on any atom is 0.0720 e. The molecule has 0 bridgehead atoms. The highest BCUT2D eigenvalue weighted by atomic mass is 16.5. The second-order valence-electron chi connectivity index (χ2n) is 5.31. The molecule has 3 nitrogen and oxygen atoms in total. The predicted octanol–water partition coefficient (Wildman–Crippen LogP) is 1.87. The molecule has 1 aliphatic carbocycles. The number of ether oxygens (including phenoxy) is 1. The average Bonchev–Trinajstić information content (AvgIpc) is 2.33. The standard InChI is InChI=1S/C15H24N2O/c1-17(8-7-16)11-14-9-15(10-14)18-12-13-5-3-2-4-6-13/h2-6,14-15H,7-12,16H2,1H3. The van der Waals surface area contributed by atoms with Crippen LogP contribution in [0.4, 0.5) is 0 Å². The van der Waals surface area contributed by atoms with Crippen LogP contribution >= 0.6 is 0 Å². The molecule has 0 heterocycles. The molecule has 0 radical (unpaired) electrons. The van der Waals surface area contributed by atoms with Gasteiger partial charge in [-0.15, -0.1) is 0 Å². The summed E-state index contributed by atoms with van der Waals surface area (Å²) in [5, 5.41) is 0. The molecule has 100 valence electrons. The molecule has 1 fully saturated rings. The van der Waals surface area contributed by atoms with Crippen LogP contribution in [-0.4, -0.2) is 37.7 Å². The molecule has 1 aromatic carbocycles. The van der Waals surface area contributed by atoms with Crippen LogP contribution < -0.4 is 5.73 Å². The van der Waals surface area contributed by atoms with Gasteiger partial charge in [-0.05, 0) is 31.4 Å². The van der Waals surface area contributed by atoms with Crippen molar-refractivity contribution in [2.45, 2.75) is 25.6 Å². The van der Waals surface area contributed by atoms with E-state index in [1.165, 1.54) is 18.4 Å². The van der Waals surface area contributed by atoms with Crippen LogP contribution in [0, 0.1) is 5.92 Å². The molecule has 2 N–H and O–H groups in total. The predicted molar refractivity (Wildman–Crippen MR) is 74.3 cm³/mol. The number of hydrogen-bond acceptors (Lipinski definition) is 3. The number of likely N-dealkylation sites (N-methyl/N-ethyl adjacent to an activating group) is 1. The van der Waals surface area contributed by atoms with E-state index < -0.39 is 0 Å². The fourth-order valence-electron chi connectivity index (χ4n) is 2.50. The lowest BCUT2D eigenvalue weighted by molar-refractivity contribution is -0.0462. The molecule has 3 heteroatoms. The van der Waals surface area contributed by atoms with Gasteiger partial charge in [0.1, 0.15) is 0 Å². The molecule has 0 aliphatic heterocycles. The number of hydrogen-bond donors (Lipinski definition) is 1. The first-order chi connectivity index (χ1) is 8.78. The van der Waals surface area contributed by atoms with E-state index in [1.807, 2.05) is 6.07 Å². The van der Waals surface area contributed by atoms with E-state index in [0.717, 1.165) is 32.2 Å². The molecule has 0 spiro atoms. The molecule has 2 rings (SSSR count). The van der Waals surface area contributed by atoms with Crippen molar-refractivity contribution in [3.8, 4) is 0 Å². The molecule has 0 aromatic heterocycles. The second kappa shape index (κ2) is 6.88. The van der Waals surface area contributed by atoms with Crippen molar-refractivity contribution in [2.24, 2.45) is 11.7 Å². The molecule has 1 aliphatic rings. The van der Waals surface area contributed by atoms with E-state index in [0.29, 0.717) is 6.10 Å². The van der Waals surface area contributed by atoms with Crippen molar-refractivity contribution >= 4 is 0 Å². The Labute approximate surface area is 110 Å². The summed E-state index contributed by atoms with van der Waals surface area (Å²) in [7, 11) is 2.14. The Morgan fingerprint density at radius 2 is 2.00 bits per heavy atom. The summed E-state index contributed by atoms with van der Waals surface area (Å²) in [5.41, 5.74) is 6.80. The topological polar surface area (TPSA) is 38.5 Å². The monoisotopic (exact) mass is 248 g/mol. The van der Waals surface area contributed by atoms with Gasteiger partial charge in [-0.1, -0.05) is 30.3 Å². The maximum atomic E-state index is 5.89. The summed E-state index contributed by atoms with van der Waals surface area (Å²) in [6.45, 7) is 3.64. The Morgan fingerprint density at radius 1 is 1.28 bits per heavy atom. The van der Waals surface area contributed by atoms with Crippen molar-refractivity contribution in [3.05, 3.63) is 35.9 Å². The van der Waals surface area contributed by atoms with Crippen LogP contribution in [0.25, 0.3) is 0 Å². The van der Waals surface area contributed by atoms with Gasteiger partial charge in [0.25, 0.3) is 0 Å². The SMILES string of the molecule is CN(CCN)CC1CC(OCc2ccccc2)C1. The van der Waals surface area contributed by atoms with Gasteiger partial charge < -0.3 is 15.4 Å². The zero-order valence-electron chi connectivity index (χ0n) is 11.2. The molecule has 0 unspecified atom stereocenters. The van der Waals surface area contributed by atoms with Crippen LogP contribution in [0.2, 0.25) is 0 Å². The summed E-state index contributed by atoms with van der Waals surface area (Å²) in [6.07, 6.45) is 2.85. The number of benzene rings is 1. The van der Waals surface area contributed by atoms with E-state index in [-0.39, 0.29) is 0 Å². The van der Waals surface area contributed by atoms with Gasteiger partial charge in [0.05, 0.1) is 12.7 Å². The van der Waals surface area contributed by atoms with Crippen LogP contribution in [0.1, 0.15) is 18.4 Å². The average molecular weight is 248 g/mol. The third kappa shape index (κ3) is 4.09. The van der Waals surface area contributed by atoms with Crippen LogP contribution in [-0.2, 0) is 11.3 Å². The van der Waals surface area contributed by atoms with E-state index >= 15 is 0 Å². The van der Waals surface area contributed by atoms with Gasteiger partial charge in [0, 0.05) is 19.6 Å². The summed E-state index contributed by atoms with van der Waals surface area (Å²) < 4.78 is 5.89. The van der Waals surface area contributed by atoms with E-state index in [1.54, 1.807) is 0 Å². The molecule has 1 aromatic rings. The molecule has 18 heavy (non-hydrogen) atoms. The Hall–Kier alpha value is -0.900. The van der Waals surface area contributed by atoms with Crippen molar-refractivity contribution in [1.29, 1.82) is 0 Å². The van der Waals surface area contributed by atoms with Crippen molar-refractivity contribution < 1.29 is 4.74 Å². The van der Waals surface area contributed by atoms with Gasteiger partial charge in [-0.25, -0.2) is 0 Å². The van der Waals surface area contributed by atoms with Gasteiger partial charge in [0.15, 0.2) is 0 Å². The molecule has 0 amide bonds. The van der Waals surface area contributed by atoms with Gasteiger partial charge >= 0.3 is 0 Å². The molecule has 0 saturated heterocycles. The molecule has 0 atom stereocenters. The number of nitrogens with two attached hydrogens (primary N) is 1. The van der Waals surface area contributed by atoms with Gasteiger partial charge in [-0.3, -0.25) is 0 Å². The lowest BCUT2D eigenvalue weighted by Crippen LogP contribution is -2.39. The van der Waals surface area contributed by atoms with Gasteiger partial charge in [0.2, 0.25) is 0 Å². The first-order valence-corrected chi connectivity index (χ1v) is 6.82. The van der Waals surface area contributed by atoms with Crippen LogP contribution in [0.15, 0.2) is 30.3 Å². The highest BCUT2D eigenvalue weighted by Gasteiger charge is 2.30. The lowest BCUT2D eigenvalue weighted by Gasteiger charge is -2.37. The minimum absolute atomic E-state index is 0.460. The lowest BCUT2D eigenvalue weighted by atomic mass is 9.82. The summed E-state index contributed by atoms with van der Waals surface area (Å²) in [4.78, 5) is 2.32. The Morgan fingerprint density at radius 3 is 2.67 bits per heavy atom. The zero-order valence-corrected chi connectivity index (χ0v) is 11.2. The Balaban J connectivity index is 1.59. The second-order valence-corrected chi connectivity index (χ2v) is 5.31. The third-order valence-corrected chi connectivity index (χ3v) is 3.60. The highest BCUT2D eigenvalue weighted by molar-refractivity contribution is 5.13. The van der Waals surface area contributed by atoms with E-state index in [4.69, 9.17) is 10.5 Å². The Bertz CT molecular complexity index is 336. The van der Waals surface area contributed by atoms with Gasteiger partial charge in [-0.2, -0.15) is 0 Å². The maximum absolute atomic E-state index is 5.89. The van der Waals surface area contributed by atoms with Crippen LogP contribution in [0.3, 0.4) is 0 Å². The number of nitrogens with zero attached hydrogens (tertiary/aromatic N) is 1. The first kappa shape index (κ1) is 13.5. The van der Waals surface area contributed by atoms with E-state index in [2.05, 4.69) is 36.2 Å². The Kier molecular flexibility index (Phi) is 5.17. The zero-order chi connectivity index (χ0) is 12.8. The molecular weight excluding hydrogens is 224 g/mol. The smallest absolute Gasteiger partial charge is 0.0720 e. The summed E-state index contributed by atoms with van der Waals surface area (Å²) in [6, 6.07) is 10.4. The van der Waals surface area contributed by atoms with Crippen molar-refractivity contribution in [1.82, 2.24) is 4.90 Å².